The topological polar surface area (TPSA) is 75.6 Å². The number of fused-ring (bicyclic) bond motifs is 1. The van der Waals surface area contributed by atoms with Gasteiger partial charge in [-0.05, 0) is 41.4 Å². The minimum atomic E-state index is -0.855. The third kappa shape index (κ3) is 3.75. The summed E-state index contributed by atoms with van der Waals surface area (Å²) >= 11 is 1.60. The van der Waals surface area contributed by atoms with Crippen LogP contribution in [-0.4, -0.2) is 24.3 Å². The van der Waals surface area contributed by atoms with Crippen LogP contribution in [0.2, 0.25) is 0 Å². The Balaban J connectivity index is 1.91. The fraction of sp³-hybridized carbons (Fsp3) is 0.400. The molecule has 0 spiro atoms. The van der Waals surface area contributed by atoms with Crippen molar-refractivity contribution in [3.63, 3.8) is 0 Å². The Kier molecular flexibility index (Phi) is 5.05. The van der Waals surface area contributed by atoms with Crippen LogP contribution < -0.4 is 5.32 Å². The molecule has 5 nitrogen and oxygen atoms in total. The molecule has 0 bridgehead atoms. The van der Waals surface area contributed by atoms with E-state index < -0.39 is 12.1 Å². The molecule has 1 aromatic heterocycles. The van der Waals surface area contributed by atoms with Crippen LogP contribution in [0.5, 0.6) is 0 Å². The van der Waals surface area contributed by atoms with Gasteiger partial charge < -0.3 is 15.2 Å². The van der Waals surface area contributed by atoms with Gasteiger partial charge in [0.25, 0.3) is 0 Å². The van der Waals surface area contributed by atoms with Gasteiger partial charge in [-0.2, -0.15) is 0 Å². The van der Waals surface area contributed by atoms with Crippen molar-refractivity contribution in [2.24, 2.45) is 5.41 Å². The number of rotatable bonds is 4. The standard InChI is InChI=1S/C20H23NO4S/c1-20(2)9-8-15-14(10-20)16(18(22)23)17(26-15)13-6-4-12(5-7-13)11-21-19(24)25-3/h4-7H,8-11H2,1-3H3,(H,21,24)(H,22,23). The lowest BCUT2D eigenvalue weighted by atomic mass is 9.76. The number of nitrogens with one attached hydrogen (secondary N) is 1. The summed E-state index contributed by atoms with van der Waals surface area (Å²) in [7, 11) is 1.33. The largest absolute Gasteiger partial charge is 0.478 e. The number of carbonyl (C=O) groups excluding carboxylic acids is 1. The number of aromatic carboxylic acids is 1. The maximum absolute atomic E-state index is 12.0. The normalized spacial score (nSPS) is 15.2. The predicted molar refractivity (Wildman–Crippen MR) is 102 cm³/mol. The van der Waals surface area contributed by atoms with Gasteiger partial charge in [0.15, 0.2) is 0 Å². The molecule has 0 saturated heterocycles. The summed E-state index contributed by atoms with van der Waals surface area (Å²) in [5, 5.41) is 12.4. The summed E-state index contributed by atoms with van der Waals surface area (Å²) in [6.07, 6.45) is 2.35. The first-order valence-corrected chi connectivity index (χ1v) is 9.41. The van der Waals surface area contributed by atoms with Crippen LogP contribution in [0, 0.1) is 5.41 Å². The van der Waals surface area contributed by atoms with E-state index in [2.05, 4.69) is 23.9 Å². The molecule has 1 amide bonds. The average Bonchev–Trinajstić information content (AvgIpc) is 2.97. The molecule has 6 heteroatoms. The molecule has 1 aromatic carbocycles. The number of ether oxygens (including phenoxy) is 1. The molecule has 1 heterocycles. The van der Waals surface area contributed by atoms with Gasteiger partial charge in [-0.15, -0.1) is 11.3 Å². The summed E-state index contributed by atoms with van der Waals surface area (Å²) in [6, 6.07) is 7.64. The molecular weight excluding hydrogens is 350 g/mol. The number of carbonyl (C=O) groups is 2. The van der Waals surface area contributed by atoms with Crippen LogP contribution >= 0.6 is 11.3 Å². The van der Waals surface area contributed by atoms with Crippen LogP contribution in [0.3, 0.4) is 0 Å². The second-order valence-corrected chi connectivity index (χ2v) is 8.50. The van der Waals surface area contributed by atoms with Gasteiger partial charge in [0.05, 0.1) is 12.7 Å². The zero-order valence-corrected chi connectivity index (χ0v) is 16.0. The van der Waals surface area contributed by atoms with Gasteiger partial charge in [-0.25, -0.2) is 9.59 Å². The molecule has 2 N–H and O–H groups in total. The first-order chi connectivity index (χ1) is 12.3. The van der Waals surface area contributed by atoms with Gasteiger partial charge in [0.2, 0.25) is 0 Å². The van der Waals surface area contributed by atoms with Crippen LogP contribution in [-0.2, 0) is 24.1 Å². The minimum Gasteiger partial charge on any atom is -0.478 e. The molecule has 3 rings (SSSR count). The van der Waals surface area contributed by atoms with E-state index in [0.717, 1.165) is 40.8 Å². The number of methoxy groups -OCH3 is 1. The molecule has 138 valence electrons. The summed E-state index contributed by atoms with van der Waals surface area (Å²) in [5.74, 6) is -0.855. The number of aryl methyl sites for hydroxylation is 1. The highest BCUT2D eigenvalue weighted by molar-refractivity contribution is 7.16. The lowest BCUT2D eigenvalue weighted by Crippen LogP contribution is -2.22. The molecule has 0 saturated carbocycles. The van der Waals surface area contributed by atoms with Gasteiger partial charge in [0, 0.05) is 16.3 Å². The number of alkyl carbamates (subject to hydrolysis) is 1. The first-order valence-electron chi connectivity index (χ1n) is 8.60. The zero-order chi connectivity index (χ0) is 18.9. The van der Waals surface area contributed by atoms with E-state index in [4.69, 9.17) is 0 Å². The second kappa shape index (κ2) is 7.11. The Labute approximate surface area is 157 Å². The SMILES string of the molecule is COC(=O)NCc1ccc(-c2sc3c(c2C(=O)O)CC(C)(C)CC3)cc1. The van der Waals surface area contributed by atoms with E-state index in [-0.39, 0.29) is 5.41 Å². The summed E-state index contributed by atoms with van der Waals surface area (Å²) in [6.45, 7) is 4.76. The van der Waals surface area contributed by atoms with E-state index in [1.807, 2.05) is 24.3 Å². The minimum absolute atomic E-state index is 0.138. The quantitative estimate of drug-likeness (QED) is 0.828. The molecule has 0 atom stereocenters. The van der Waals surface area contributed by atoms with Crippen LogP contribution in [0.1, 0.15) is 46.6 Å². The first kappa shape index (κ1) is 18.5. The number of hydrogen-bond donors (Lipinski definition) is 2. The number of hydrogen-bond acceptors (Lipinski definition) is 4. The maximum atomic E-state index is 12.0. The third-order valence-electron chi connectivity index (χ3n) is 4.83. The van der Waals surface area contributed by atoms with Crippen LogP contribution in [0.15, 0.2) is 24.3 Å². The Morgan fingerprint density at radius 2 is 1.96 bits per heavy atom. The average molecular weight is 373 g/mol. The highest BCUT2D eigenvalue weighted by Crippen LogP contribution is 2.45. The number of carboxylic acids is 1. The molecule has 1 aliphatic rings. The van der Waals surface area contributed by atoms with E-state index in [9.17, 15) is 14.7 Å². The lowest BCUT2D eigenvalue weighted by Gasteiger charge is -2.29. The highest BCUT2D eigenvalue weighted by atomic mass is 32.1. The summed E-state index contributed by atoms with van der Waals surface area (Å²) in [4.78, 5) is 25.2. The van der Waals surface area contributed by atoms with Gasteiger partial charge >= 0.3 is 12.1 Å². The van der Waals surface area contributed by atoms with Gasteiger partial charge in [-0.3, -0.25) is 0 Å². The van der Waals surface area contributed by atoms with E-state index in [1.54, 1.807) is 11.3 Å². The lowest BCUT2D eigenvalue weighted by molar-refractivity contribution is 0.0696. The number of amides is 1. The van der Waals surface area contributed by atoms with E-state index in [0.29, 0.717) is 12.1 Å². The third-order valence-corrected chi connectivity index (χ3v) is 6.17. The predicted octanol–water partition coefficient (Wildman–Crippen LogP) is 4.48. The molecule has 1 aliphatic carbocycles. The van der Waals surface area contributed by atoms with Crippen molar-refractivity contribution in [1.82, 2.24) is 5.32 Å². The smallest absolute Gasteiger partial charge is 0.407 e. The Morgan fingerprint density at radius 1 is 1.27 bits per heavy atom. The highest BCUT2D eigenvalue weighted by Gasteiger charge is 2.32. The van der Waals surface area contributed by atoms with Crippen molar-refractivity contribution in [3.8, 4) is 10.4 Å². The number of carboxylic acid groups (broad SMARTS) is 1. The summed E-state index contributed by atoms with van der Waals surface area (Å²) in [5.41, 5.74) is 3.43. The van der Waals surface area contributed by atoms with Crippen molar-refractivity contribution in [3.05, 3.63) is 45.8 Å². The molecule has 0 fully saturated rings. The molecular formula is C20H23NO4S. The van der Waals surface area contributed by atoms with Crippen molar-refractivity contribution in [1.29, 1.82) is 0 Å². The monoisotopic (exact) mass is 373 g/mol. The molecule has 2 aromatic rings. The van der Waals surface area contributed by atoms with Crippen molar-refractivity contribution < 1.29 is 19.4 Å². The fourth-order valence-electron chi connectivity index (χ4n) is 3.37. The molecule has 0 unspecified atom stereocenters. The maximum Gasteiger partial charge on any atom is 0.407 e. The number of thiophene rings is 1. The second-order valence-electron chi connectivity index (χ2n) is 7.40. The molecule has 0 aliphatic heterocycles. The van der Waals surface area contributed by atoms with Crippen molar-refractivity contribution >= 4 is 23.4 Å². The van der Waals surface area contributed by atoms with Crippen LogP contribution in [0.25, 0.3) is 10.4 Å². The van der Waals surface area contributed by atoms with Gasteiger partial charge in [0.1, 0.15) is 0 Å². The van der Waals surface area contributed by atoms with E-state index in [1.165, 1.54) is 12.0 Å². The zero-order valence-electron chi connectivity index (χ0n) is 15.2. The van der Waals surface area contributed by atoms with Gasteiger partial charge in [-0.1, -0.05) is 38.1 Å². The number of benzene rings is 1. The van der Waals surface area contributed by atoms with Crippen LogP contribution in [0.4, 0.5) is 4.79 Å². The summed E-state index contributed by atoms with van der Waals surface area (Å²) < 4.78 is 4.56. The Morgan fingerprint density at radius 3 is 2.58 bits per heavy atom. The van der Waals surface area contributed by atoms with Crippen molar-refractivity contribution in [2.75, 3.05) is 7.11 Å². The van der Waals surface area contributed by atoms with E-state index >= 15 is 0 Å². The Hall–Kier alpha value is -2.34. The van der Waals surface area contributed by atoms with Crippen molar-refractivity contribution in [2.45, 2.75) is 39.7 Å². The molecule has 0 radical (unpaired) electrons. The molecule has 26 heavy (non-hydrogen) atoms. The fourth-order valence-corrected chi connectivity index (χ4v) is 4.68. The Bertz CT molecular complexity index is 836.